The maximum absolute atomic E-state index is 11.1. The van der Waals surface area contributed by atoms with E-state index in [1.54, 1.807) is 30.1 Å². The molecule has 0 saturated carbocycles. The molecule has 1 heterocycles. The van der Waals surface area contributed by atoms with Crippen molar-refractivity contribution >= 4 is 23.5 Å². The molecule has 2 rings (SSSR count). The number of pyridine rings is 1. The Labute approximate surface area is 116 Å². The third kappa shape index (κ3) is 3.48. The Bertz CT molecular complexity index is 596. The molecule has 2 aromatic rings. The number of carbonyl (C=O) groups is 1. The first-order valence-corrected chi connectivity index (χ1v) is 6.78. The Hall–Kier alpha value is -2.01. The minimum absolute atomic E-state index is 0.398. The summed E-state index contributed by atoms with van der Waals surface area (Å²) in [5.74, 6) is 0.938. The van der Waals surface area contributed by atoms with Crippen LogP contribution in [-0.2, 0) is 5.75 Å². The molecule has 0 spiro atoms. The third-order valence-electron chi connectivity index (χ3n) is 2.78. The summed E-state index contributed by atoms with van der Waals surface area (Å²) in [5, 5.41) is 0. The molecule has 1 amide bonds. The molecule has 0 aliphatic rings. The van der Waals surface area contributed by atoms with E-state index in [9.17, 15) is 4.79 Å². The number of amides is 1. The quantitative estimate of drug-likeness (QED) is 0.838. The minimum Gasteiger partial charge on any atom is -0.384 e. The molecule has 98 valence electrons. The molecule has 0 atom stereocenters. The van der Waals surface area contributed by atoms with E-state index in [0.717, 1.165) is 16.2 Å². The maximum atomic E-state index is 11.1. The van der Waals surface area contributed by atoms with Gasteiger partial charge in [0.1, 0.15) is 5.82 Å². The Morgan fingerprint density at radius 3 is 2.68 bits per heavy atom. The first kappa shape index (κ1) is 13.4. The number of aryl methyl sites for hydroxylation is 1. The van der Waals surface area contributed by atoms with Crippen LogP contribution in [0, 0.1) is 6.92 Å². The van der Waals surface area contributed by atoms with Gasteiger partial charge in [-0.05, 0) is 42.3 Å². The number of aromatic nitrogens is 1. The van der Waals surface area contributed by atoms with Crippen molar-refractivity contribution in [2.45, 2.75) is 17.6 Å². The minimum atomic E-state index is -0.398. The monoisotopic (exact) mass is 273 g/mol. The van der Waals surface area contributed by atoms with E-state index in [1.807, 2.05) is 25.1 Å². The van der Waals surface area contributed by atoms with E-state index < -0.39 is 5.91 Å². The maximum Gasteiger partial charge on any atom is 0.248 e. The van der Waals surface area contributed by atoms with Gasteiger partial charge < -0.3 is 11.5 Å². The lowest BCUT2D eigenvalue weighted by molar-refractivity contribution is 0.1000. The van der Waals surface area contributed by atoms with Crippen molar-refractivity contribution in [3.63, 3.8) is 0 Å². The fourth-order valence-corrected chi connectivity index (χ4v) is 2.59. The summed E-state index contributed by atoms with van der Waals surface area (Å²) in [5.41, 5.74) is 13.6. The van der Waals surface area contributed by atoms with E-state index in [-0.39, 0.29) is 0 Å². The van der Waals surface area contributed by atoms with Crippen LogP contribution in [0.25, 0.3) is 0 Å². The van der Waals surface area contributed by atoms with Crippen LogP contribution in [0.1, 0.15) is 21.5 Å². The second-order valence-corrected chi connectivity index (χ2v) is 5.26. The Morgan fingerprint density at radius 2 is 2.11 bits per heavy atom. The number of anilines is 1. The van der Waals surface area contributed by atoms with Crippen molar-refractivity contribution in [1.29, 1.82) is 0 Å². The highest BCUT2D eigenvalue weighted by atomic mass is 32.2. The number of nitrogens with two attached hydrogens (primary N) is 2. The van der Waals surface area contributed by atoms with Crippen molar-refractivity contribution in [3.8, 4) is 0 Å². The highest BCUT2D eigenvalue weighted by Crippen LogP contribution is 2.24. The van der Waals surface area contributed by atoms with Crippen LogP contribution in [0.15, 0.2) is 41.4 Å². The van der Waals surface area contributed by atoms with Gasteiger partial charge in [-0.2, -0.15) is 0 Å². The summed E-state index contributed by atoms with van der Waals surface area (Å²) in [4.78, 5) is 16.2. The number of rotatable bonds is 4. The molecule has 1 aromatic heterocycles. The van der Waals surface area contributed by atoms with E-state index in [1.165, 1.54) is 5.56 Å². The van der Waals surface area contributed by atoms with Crippen LogP contribution in [0.5, 0.6) is 0 Å². The molecule has 0 unspecified atom stereocenters. The van der Waals surface area contributed by atoms with Crippen molar-refractivity contribution < 1.29 is 4.79 Å². The number of nitrogens with zero attached hydrogens (tertiary/aromatic N) is 1. The molecule has 1 aromatic carbocycles. The normalized spacial score (nSPS) is 10.4. The van der Waals surface area contributed by atoms with Crippen molar-refractivity contribution in [3.05, 3.63) is 53.2 Å². The molecule has 19 heavy (non-hydrogen) atoms. The van der Waals surface area contributed by atoms with Crippen molar-refractivity contribution in [2.24, 2.45) is 5.73 Å². The van der Waals surface area contributed by atoms with E-state index in [0.29, 0.717) is 11.4 Å². The number of thioether (sulfide) groups is 1. The van der Waals surface area contributed by atoms with E-state index >= 15 is 0 Å². The van der Waals surface area contributed by atoms with Gasteiger partial charge >= 0.3 is 0 Å². The molecular formula is C14H15N3OS. The number of benzene rings is 1. The number of carbonyl (C=O) groups excluding carboxylic acids is 1. The SMILES string of the molecule is Cc1cc(C(N)=O)ccc1CSc1ccc(N)nc1. The Morgan fingerprint density at radius 1 is 1.32 bits per heavy atom. The smallest absolute Gasteiger partial charge is 0.248 e. The molecule has 4 N–H and O–H groups in total. The molecule has 4 nitrogen and oxygen atoms in total. The highest BCUT2D eigenvalue weighted by molar-refractivity contribution is 7.98. The molecule has 0 radical (unpaired) electrons. The lowest BCUT2D eigenvalue weighted by Gasteiger charge is -2.07. The van der Waals surface area contributed by atoms with Crippen LogP contribution in [0.3, 0.4) is 0 Å². The Kier molecular flexibility index (Phi) is 4.06. The van der Waals surface area contributed by atoms with Gasteiger partial charge in [-0.25, -0.2) is 4.98 Å². The van der Waals surface area contributed by atoms with Gasteiger partial charge in [0.25, 0.3) is 0 Å². The van der Waals surface area contributed by atoms with Gasteiger partial charge in [0, 0.05) is 22.4 Å². The first-order chi connectivity index (χ1) is 9.06. The van der Waals surface area contributed by atoms with E-state index in [2.05, 4.69) is 4.98 Å². The zero-order chi connectivity index (χ0) is 13.8. The van der Waals surface area contributed by atoms with Gasteiger partial charge in [-0.15, -0.1) is 11.8 Å². The summed E-state index contributed by atoms with van der Waals surface area (Å²) in [6, 6.07) is 9.24. The van der Waals surface area contributed by atoms with Gasteiger partial charge in [-0.1, -0.05) is 6.07 Å². The van der Waals surface area contributed by atoms with Crippen LogP contribution >= 0.6 is 11.8 Å². The Balaban J connectivity index is 2.07. The lowest BCUT2D eigenvalue weighted by atomic mass is 10.1. The third-order valence-corrected chi connectivity index (χ3v) is 3.81. The summed E-state index contributed by atoms with van der Waals surface area (Å²) in [6.07, 6.45) is 1.76. The molecule has 0 saturated heterocycles. The van der Waals surface area contributed by atoms with Crippen LogP contribution in [0.4, 0.5) is 5.82 Å². The topological polar surface area (TPSA) is 82.0 Å². The van der Waals surface area contributed by atoms with Gasteiger partial charge in [0.05, 0.1) is 0 Å². The second kappa shape index (κ2) is 5.75. The average molecular weight is 273 g/mol. The first-order valence-electron chi connectivity index (χ1n) is 5.80. The summed E-state index contributed by atoms with van der Waals surface area (Å²) >= 11 is 1.68. The largest absolute Gasteiger partial charge is 0.384 e. The van der Waals surface area contributed by atoms with Crippen LogP contribution in [-0.4, -0.2) is 10.9 Å². The van der Waals surface area contributed by atoms with Crippen molar-refractivity contribution in [1.82, 2.24) is 4.98 Å². The average Bonchev–Trinajstić information content (AvgIpc) is 2.39. The number of hydrogen-bond donors (Lipinski definition) is 2. The highest BCUT2D eigenvalue weighted by Gasteiger charge is 2.05. The van der Waals surface area contributed by atoms with Crippen molar-refractivity contribution in [2.75, 3.05) is 5.73 Å². The zero-order valence-corrected chi connectivity index (χ0v) is 11.4. The molecule has 0 fully saturated rings. The predicted octanol–water partition coefficient (Wildman–Crippen LogP) is 2.36. The number of hydrogen-bond acceptors (Lipinski definition) is 4. The number of nitrogen functional groups attached to an aromatic ring is 1. The lowest BCUT2D eigenvalue weighted by Crippen LogP contribution is -2.11. The molecule has 0 aliphatic heterocycles. The second-order valence-electron chi connectivity index (χ2n) is 4.21. The standard InChI is InChI=1S/C14H15N3OS/c1-9-6-10(14(16)18)2-3-11(9)8-19-12-4-5-13(15)17-7-12/h2-7H,8H2,1H3,(H2,15,17)(H2,16,18). The number of primary amides is 1. The van der Waals surface area contributed by atoms with Gasteiger partial charge in [0.15, 0.2) is 0 Å². The van der Waals surface area contributed by atoms with Crippen LogP contribution in [0.2, 0.25) is 0 Å². The fourth-order valence-electron chi connectivity index (χ4n) is 1.65. The molecule has 0 aliphatic carbocycles. The summed E-state index contributed by atoms with van der Waals surface area (Å²) < 4.78 is 0. The van der Waals surface area contributed by atoms with Gasteiger partial charge in [-0.3, -0.25) is 4.79 Å². The van der Waals surface area contributed by atoms with Gasteiger partial charge in [0.2, 0.25) is 5.91 Å². The molecule has 5 heteroatoms. The molecule has 0 bridgehead atoms. The zero-order valence-electron chi connectivity index (χ0n) is 10.6. The summed E-state index contributed by atoms with van der Waals surface area (Å²) in [7, 11) is 0. The fraction of sp³-hybridized carbons (Fsp3) is 0.143. The molecular weight excluding hydrogens is 258 g/mol. The van der Waals surface area contributed by atoms with Crippen LogP contribution < -0.4 is 11.5 Å². The van der Waals surface area contributed by atoms with E-state index in [4.69, 9.17) is 11.5 Å². The summed E-state index contributed by atoms with van der Waals surface area (Å²) in [6.45, 7) is 1.98. The predicted molar refractivity (Wildman–Crippen MR) is 77.9 cm³/mol.